The Morgan fingerprint density at radius 2 is 2.19 bits per heavy atom. The predicted molar refractivity (Wildman–Crippen MR) is 67.3 cm³/mol. The van der Waals surface area contributed by atoms with E-state index in [1.807, 2.05) is 32.2 Å². The standard InChI is InChI=1S/C12H10BrN3/c1-8-4-5-11(14-2)9(6-8)12-10(13)7-15-16(12)3/h4-7H,1,3H3. The topological polar surface area (TPSA) is 22.2 Å². The molecule has 0 aliphatic carbocycles. The van der Waals surface area contributed by atoms with Crippen LogP contribution in [0.4, 0.5) is 5.69 Å². The van der Waals surface area contributed by atoms with Crippen LogP contribution in [-0.2, 0) is 7.05 Å². The Morgan fingerprint density at radius 3 is 2.75 bits per heavy atom. The van der Waals surface area contributed by atoms with E-state index in [0.29, 0.717) is 5.69 Å². The van der Waals surface area contributed by atoms with Gasteiger partial charge in [-0.25, -0.2) is 4.85 Å². The number of benzene rings is 1. The highest BCUT2D eigenvalue weighted by Gasteiger charge is 2.12. The van der Waals surface area contributed by atoms with Crippen molar-refractivity contribution in [3.63, 3.8) is 0 Å². The Labute approximate surface area is 103 Å². The predicted octanol–water partition coefficient (Wildman–Crippen LogP) is 3.71. The molecule has 4 heteroatoms. The molecule has 0 radical (unpaired) electrons. The van der Waals surface area contributed by atoms with Gasteiger partial charge in [0.15, 0.2) is 5.69 Å². The average Bonchev–Trinajstić information content (AvgIpc) is 2.58. The molecule has 0 saturated carbocycles. The van der Waals surface area contributed by atoms with E-state index in [1.165, 1.54) is 0 Å². The van der Waals surface area contributed by atoms with Crippen molar-refractivity contribution in [2.45, 2.75) is 6.92 Å². The second kappa shape index (κ2) is 4.11. The molecular weight excluding hydrogens is 266 g/mol. The van der Waals surface area contributed by atoms with Crippen LogP contribution in [0.3, 0.4) is 0 Å². The fourth-order valence-electron chi connectivity index (χ4n) is 1.65. The van der Waals surface area contributed by atoms with Crippen LogP contribution in [0, 0.1) is 13.5 Å². The Balaban J connectivity index is 2.73. The van der Waals surface area contributed by atoms with Gasteiger partial charge in [0.25, 0.3) is 0 Å². The van der Waals surface area contributed by atoms with Crippen molar-refractivity contribution in [1.82, 2.24) is 9.78 Å². The van der Waals surface area contributed by atoms with Crippen LogP contribution in [0.15, 0.2) is 28.9 Å². The van der Waals surface area contributed by atoms with Crippen LogP contribution >= 0.6 is 15.9 Å². The highest BCUT2D eigenvalue weighted by atomic mass is 79.9. The van der Waals surface area contributed by atoms with Crippen molar-refractivity contribution in [3.05, 3.63) is 45.8 Å². The highest BCUT2D eigenvalue weighted by Crippen LogP contribution is 2.35. The van der Waals surface area contributed by atoms with Gasteiger partial charge in [0.1, 0.15) is 0 Å². The summed E-state index contributed by atoms with van der Waals surface area (Å²) in [7, 11) is 1.87. The minimum atomic E-state index is 0.648. The quantitative estimate of drug-likeness (QED) is 0.728. The van der Waals surface area contributed by atoms with Crippen molar-refractivity contribution in [2.75, 3.05) is 0 Å². The molecular formula is C12H10BrN3. The number of aromatic nitrogens is 2. The second-order valence-corrected chi connectivity index (χ2v) is 4.45. The zero-order valence-corrected chi connectivity index (χ0v) is 10.6. The van der Waals surface area contributed by atoms with Crippen LogP contribution in [0.1, 0.15) is 5.56 Å². The van der Waals surface area contributed by atoms with E-state index in [2.05, 4.69) is 25.9 Å². The minimum absolute atomic E-state index is 0.648. The summed E-state index contributed by atoms with van der Waals surface area (Å²) in [6.07, 6.45) is 1.74. The van der Waals surface area contributed by atoms with E-state index in [9.17, 15) is 0 Å². The third-order valence-electron chi connectivity index (χ3n) is 2.42. The SMILES string of the molecule is [C-]#[N+]c1ccc(C)cc1-c1c(Br)cnn1C. The van der Waals surface area contributed by atoms with E-state index in [1.54, 1.807) is 10.9 Å². The van der Waals surface area contributed by atoms with E-state index in [0.717, 1.165) is 21.3 Å². The molecule has 2 aromatic rings. The lowest BCUT2D eigenvalue weighted by atomic mass is 10.1. The summed E-state index contributed by atoms with van der Waals surface area (Å²) < 4.78 is 2.68. The van der Waals surface area contributed by atoms with Gasteiger partial charge in [0, 0.05) is 12.6 Å². The average molecular weight is 276 g/mol. The zero-order valence-electron chi connectivity index (χ0n) is 9.03. The maximum Gasteiger partial charge on any atom is 0.196 e. The Morgan fingerprint density at radius 1 is 1.44 bits per heavy atom. The number of aryl methyl sites for hydroxylation is 2. The van der Waals surface area contributed by atoms with Crippen molar-refractivity contribution in [3.8, 4) is 11.3 Å². The molecule has 0 bridgehead atoms. The molecule has 0 spiro atoms. The molecule has 1 heterocycles. The van der Waals surface area contributed by atoms with Gasteiger partial charge in [0.05, 0.1) is 22.9 Å². The summed E-state index contributed by atoms with van der Waals surface area (Å²) in [5, 5.41) is 4.16. The van der Waals surface area contributed by atoms with E-state index in [-0.39, 0.29) is 0 Å². The van der Waals surface area contributed by atoms with Crippen molar-refractivity contribution in [1.29, 1.82) is 0 Å². The van der Waals surface area contributed by atoms with Crippen LogP contribution in [0.5, 0.6) is 0 Å². The van der Waals surface area contributed by atoms with E-state index >= 15 is 0 Å². The number of halogens is 1. The lowest BCUT2D eigenvalue weighted by Crippen LogP contribution is -1.94. The first-order valence-corrected chi connectivity index (χ1v) is 5.58. The monoisotopic (exact) mass is 275 g/mol. The minimum Gasteiger partial charge on any atom is -0.268 e. The maximum absolute atomic E-state index is 7.18. The summed E-state index contributed by atoms with van der Waals surface area (Å²) in [6, 6.07) is 5.80. The van der Waals surface area contributed by atoms with Crippen LogP contribution in [-0.4, -0.2) is 9.78 Å². The lowest BCUT2D eigenvalue weighted by Gasteiger charge is -2.07. The molecule has 16 heavy (non-hydrogen) atoms. The molecule has 0 aliphatic rings. The second-order valence-electron chi connectivity index (χ2n) is 3.60. The molecule has 0 saturated heterocycles. The van der Waals surface area contributed by atoms with Gasteiger partial charge in [-0.3, -0.25) is 4.68 Å². The normalized spacial score (nSPS) is 10.1. The summed E-state index contributed by atoms with van der Waals surface area (Å²) in [5.41, 5.74) is 3.64. The van der Waals surface area contributed by atoms with Gasteiger partial charge < -0.3 is 0 Å². The van der Waals surface area contributed by atoms with E-state index < -0.39 is 0 Å². The van der Waals surface area contributed by atoms with Gasteiger partial charge in [0.2, 0.25) is 0 Å². The zero-order chi connectivity index (χ0) is 11.7. The van der Waals surface area contributed by atoms with Crippen molar-refractivity contribution in [2.24, 2.45) is 7.05 Å². The van der Waals surface area contributed by atoms with Crippen LogP contribution < -0.4 is 0 Å². The first-order valence-electron chi connectivity index (χ1n) is 4.79. The van der Waals surface area contributed by atoms with Gasteiger partial charge >= 0.3 is 0 Å². The third-order valence-corrected chi connectivity index (χ3v) is 3.00. The van der Waals surface area contributed by atoms with Gasteiger partial charge in [-0.05, 0) is 22.9 Å². The molecule has 0 amide bonds. The highest BCUT2D eigenvalue weighted by molar-refractivity contribution is 9.10. The number of rotatable bonds is 1. The van der Waals surface area contributed by atoms with E-state index in [4.69, 9.17) is 6.57 Å². The molecule has 0 atom stereocenters. The molecule has 0 fully saturated rings. The fourth-order valence-corrected chi connectivity index (χ4v) is 2.21. The summed E-state index contributed by atoms with van der Waals surface area (Å²) in [5.74, 6) is 0. The largest absolute Gasteiger partial charge is 0.268 e. The maximum atomic E-state index is 7.18. The first kappa shape index (κ1) is 10.9. The van der Waals surface area contributed by atoms with Gasteiger partial charge in [-0.1, -0.05) is 23.8 Å². The Kier molecular flexibility index (Phi) is 2.80. The smallest absolute Gasteiger partial charge is 0.196 e. The molecule has 0 aliphatic heterocycles. The lowest BCUT2D eigenvalue weighted by molar-refractivity contribution is 0.776. The Hall–Kier alpha value is -1.60. The molecule has 1 aromatic heterocycles. The molecule has 2 rings (SSSR count). The molecule has 0 N–H and O–H groups in total. The summed E-state index contributed by atoms with van der Waals surface area (Å²) >= 11 is 3.46. The van der Waals surface area contributed by atoms with Gasteiger partial charge in [-0.15, -0.1) is 0 Å². The van der Waals surface area contributed by atoms with Crippen molar-refractivity contribution >= 4 is 21.6 Å². The van der Waals surface area contributed by atoms with Crippen LogP contribution in [0.2, 0.25) is 0 Å². The number of nitrogens with zero attached hydrogens (tertiary/aromatic N) is 3. The molecule has 1 aromatic carbocycles. The third kappa shape index (κ3) is 1.74. The summed E-state index contributed by atoms with van der Waals surface area (Å²) in [4.78, 5) is 3.54. The number of hydrogen-bond donors (Lipinski definition) is 0. The van der Waals surface area contributed by atoms with Crippen molar-refractivity contribution < 1.29 is 0 Å². The molecule has 3 nitrogen and oxygen atoms in total. The molecule has 0 unspecified atom stereocenters. The fraction of sp³-hybridized carbons (Fsp3) is 0.167. The number of hydrogen-bond acceptors (Lipinski definition) is 1. The van der Waals surface area contributed by atoms with Gasteiger partial charge in [-0.2, -0.15) is 5.10 Å². The summed E-state index contributed by atoms with van der Waals surface area (Å²) in [6.45, 7) is 9.19. The Bertz CT molecular complexity index is 559. The first-order chi connectivity index (χ1) is 7.63. The van der Waals surface area contributed by atoms with Crippen LogP contribution in [0.25, 0.3) is 16.1 Å². The molecule has 80 valence electrons.